The lowest BCUT2D eigenvalue weighted by Crippen LogP contribution is -2.26. The van der Waals surface area contributed by atoms with Gasteiger partial charge in [-0.2, -0.15) is 0 Å². The second-order valence-corrected chi connectivity index (χ2v) is 7.28. The average Bonchev–Trinajstić information content (AvgIpc) is 2.13. The number of Topliss-reactive ketones (excluding diaryl/α,β-unsaturated/α-hetero) is 1. The fourth-order valence-corrected chi connectivity index (χ4v) is 3.27. The van der Waals surface area contributed by atoms with Crippen LogP contribution < -0.4 is 4.72 Å². The van der Waals surface area contributed by atoms with Gasteiger partial charge in [-0.15, -0.1) is 0 Å². The van der Waals surface area contributed by atoms with E-state index in [-0.39, 0.29) is 17.0 Å². The summed E-state index contributed by atoms with van der Waals surface area (Å²) < 4.78 is 26.2. The summed E-state index contributed by atoms with van der Waals surface area (Å²) >= 11 is 0. The summed E-state index contributed by atoms with van der Waals surface area (Å²) in [5.74, 6) is 0.00756. The third-order valence-electron chi connectivity index (χ3n) is 2.19. The molecule has 0 fully saturated rings. The SMILES string of the molecule is CC(=O)c1ccc(NS(=O)(=O)CC(C)(C)C)cc1. The number of carbonyl (C=O) groups excluding carboxylic acids is 1. The van der Waals surface area contributed by atoms with Crippen molar-refractivity contribution in [3.05, 3.63) is 29.8 Å². The molecule has 0 saturated carbocycles. The van der Waals surface area contributed by atoms with Gasteiger partial charge in [-0.3, -0.25) is 9.52 Å². The molecule has 100 valence electrons. The number of hydrogen-bond acceptors (Lipinski definition) is 3. The van der Waals surface area contributed by atoms with Crippen LogP contribution in [-0.4, -0.2) is 20.0 Å². The van der Waals surface area contributed by atoms with Crippen LogP contribution in [0.15, 0.2) is 24.3 Å². The van der Waals surface area contributed by atoms with Gasteiger partial charge in [0.15, 0.2) is 5.78 Å². The monoisotopic (exact) mass is 269 g/mol. The lowest BCUT2D eigenvalue weighted by molar-refractivity contribution is 0.101. The third-order valence-corrected chi connectivity index (χ3v) is 3.98. The molecule has 0 spiro atoms. The van der Waals surface area contributed by atoms with Crippen molar-refractivity contribution >= 4 is 21.5 Å². The molecular formula is C13H19NO3S. The van der Waals surface area contributed by atoms with Crippen molar-refractivity contribution in [2.45, 2.75) is 27.7 Å². The maximum Gasteiger partial charge on any atom is 0.233 e. The average molecular weight is 269 g/mol. The molecule has 0 unspecified atom stereocenters. The summed E-state index contributed by atoms with van der Waals surface area (Å²) in [6.45, 7) is 7.07. The first kappa shape index (κ1) is 14.7. The highest BCUT2D eigenvalue weighted by atomic mass is 32.2. The highest BCUT2D eigenvalue weighted by Gasteiger charge is 2.21. The van der Waals surface area contributed by atoms with Crippen LogP contribution >= 0.6 is 0 Å². The summed E-state index contributed by atoms with van der Waals surface area (Å²) in [5, 5.41) is 0. The highest BCUT2D eigenvalue weighted by Crippen LogP contribution is 2.18. The van der Waals surface area contributed by atoms with Crippen LogP contribution in [0.5, 0.6) is 0 Å². The lowest BCUT2D eigenvalue weighted by atomic mass is 10.0. The van der Waals surface area contributed by atoms with E-state index in [1.54, 1.807) is 24.3 Å². The van der Waals surface area contributed by atoms with Crippen LogP contribution in [0.4, 0.5) is 5.69 Å². The molecule has 0 atom stereocenters. The van der Waals surface area contributed by atoms with Crippen molar-refractivity contribution in [2.75, 3.05) is 10.5 Å². The van der Waals surface area contributed by atoms with Crippen LogP contribution in [0.2, 0.25) is 0 Å². The van der Waals surface area contributed by atoms with E-state index < -0.39 is 10.0 Å². The van der Waals surface area contributed by atoms with E-state index in [1.165, 1.54) is 6.92 Å². The van der Waals surface area contributed by atoms with Gasteiger partial charge in [0.05, 0.1) is 5.75 Å². The Labute approximate surface area is 108 Å². The molecule has 18 heavy (non-hydrogen) atoms. The quantitative estimate of drug-likeness (QED) is 0.855. The van der Waals surface area contributed by atoms with Crippen molar-refractivity contribution in [1.82, 2.24) is 0 Å². The number of sulfonamides is 1. The number of rotatable bonds is 4. The van der Waals surface area contributed by atoms with Crippen molar-refractivity contribution < 1.29 is 13.2 Å². The number of carbonyl (C=O) groups is 1. The Kier molecular flexibility index (Phi) is 4.16. The largest absolute Gasteiger partial charge is 0.295 e. The van der Waals surface area contributed by atoms with Crippen molar-refractivity contribution in [1.29, 1.82) is 0 Å². The highest BCUT2D eigenvalue weighted by molar-refractivity contribution is 7.92. The second-order valence-electron chi connectivity index (χ2n) is 5.56. The molecule has 0 heterocycles. The first-order valence-electron chi connectivity index (χ1n) is 5.71. The van der Waals surface area contributed by atoms with Gasteiger partial charge >= 0.3 is 0 Å². The van der Waals surface area contributed by atoms with Crippen molar-refractivity contribution in [2.24, 2.45) is 5.41 Å². The second kappa shape index (κ2) is 5.10. The van der Waals surface area contributed by atoms with Gasteiger partial charge in [-0.1, -0.05) is 20.8 Å². The van der Waals surface area contributed by atoms with Gasteiger partial charge in [0, 0.05) is 11.3 Å². The molecule has 4 nitrogen and oxygen atoms in total. The van der Waals surface area contributed by atoms with Gasteiger partial charge in [-0.25, -0.2) is 8.42 Å². The van der Waals surface area contributed by atoms with Gasteiger partial charge in [0.1, 0.15) is 0 Å². The molecule has 1 N–H and O–H groups in total. The van der Waals surface area contributed by atoms with Gasteiger partial charge in [-0.05, 0) is 36.6 Å². The smallest absolute Gasteiger partial charge is 0.233 e. The number of hydrogen-bond donors (Lipinski definition) is 1. The van der Waals surface area contributed by atoms with Gasteiger partial charge in [0.25, 0.3) is 0 Å². The standard InChI is InChI=1S/C13H19NO3S/c1-10(15)11-5-7-12(8-6-11)14-18(16,17)9-13(2,3)4/h5-8,14H,9H2,1-4H3. The number of nitrogens with one attached hydrogen (secondary N) is 1. The summed E-state index contributed by atoms with van der Waals surface area (Å²) in [5.41, 5.74) is 0.739. The predicted octanol–water partition coefficient (Wildman–Crippen LogP) is 2.68. The Morgan fingerprint density at radius 1 is 1.17 bits per heavy atom. The van der Waals surface area contributed by atoms with Crippen LogP contribution in [0, 0.1) is 5.41 Å². The van der Waals surface area contributed by atoms with Crippen LogP contribution in [-0.2, 0) is 10.0 Å². The molecule has 0 aliphatic heterocycles. The third kappa shape index (κ3) is 4.87. The Bertz CT molecular complexity index is 524. The topological polar surface area (TPSA) is 63.2 Å². The fraction of sp³-hybridized carbons (Fsp3) is 0.462. The maximum atomic E-state index is 11.9. The van der Waals surface area contributed by atoms with E-state index in [1.807, 2.05) is 20.8 Å². The molecule has 0 radical (unpaired) electrons. The zero-order valence-electron chi connectivity index (χ0n) is 11.1. The summed E-state index contributed by atoms with van der Waals surface area (Å²) in [6, 6.07) is 6.41. The van der Waals surface area contributed by atoms with Crippen LogP contribution in [0.3, 0.4) is 0 Å². The molecule has 0 bridgehead atoms. The van der Waals surface area contributed by atoms with E-state index >= 15 is 0 Å². The number of benzene rings is 1. The minimum absolute atomic E-state index is 0.0425. The Morgan fingerprint density at radius 2 is 1.67 bits per heavy atom. The summed E-state index contributed by atoms with van der Waals surface area (Å²) in [7, 11) is -3.36. The Morgan fingerprint density at radius 3 is 2.06 bits per heavy atom. The minimum Gasteiger partial charge on any atom is -0.295 e. The van der Waals surface area contributed by atoms with Crippen molar-refractivity contribution in [3.8, 4) is 0 Å². The molecule has 0 aliphatic carbocycles. The van der Waals surface area contributed by atoms with Crippen LogP contribution in [0.1, 0.15) is 38.1 Å². The van der Waals surface area contributed by atoms with Crippen LogP contribution in [0.25, 0.3) is 0 Å². The van der Waals surface area contributed by atoms with E-state index in [0.717, 1.165) is 0 Å². The maximum absolute atomic E-state index is 11.9. The zero-order chi connectivity index (χ0) is 14.0. The van der Waals surface area contributed by atoms with E-state index in [0.29, 0.717) is 11.3 Å². The fourth-order valence-electron chi connectivity index (χ4n) is 1.56. The molecule has 0 saturated heterocycles. The van der Waals surface area contributed by atoms with Crippen molar-refractivity contribution in [3.63, 3.8) is 0 Å². The Balaban J connectivity index is 2.82. The first-order valence-corrected chi connectivity index (χ1v) is 7.36. The number of anilines is 1. The molecular weight excluding hydrogens is 250 g/mol. The predicted molar refractivity (Wildman–Crippen MR) is 73.3 cm³/mol. The molecule has 0 aromatic heterocycles. The normalized spacial score (nSPS) is 12.2. The molecule has 1 aromatic rings. The molecule has 1 rings (SSSR count). The van der Waals surface area contributed by atoms with E-state index in [4.69, 9.17) is 0 Å². The van der Waals surface area contributed by atoms with E-state index in [2.05, 4.69) is 4.72 Å². The van der Waals surface area contributed by atoms with Gasteiger partial charge in [0.2, 0.25) is 10.0 Å². The Hall–Kier alpha value is -1.36. The lowest BCUT2D eigenvalue weighted by Gasteiger charge is -2.18. The first-order chi connectivity index (χ1) is 8.09. The molecule has 0 aliphatic rings. The molecule has 0 amide bonds. The van der Waals surface area contributed by atoms with Gasteiger partial charge < -0.3 is 0 Å². The molecule has 1 aromatic carbocycles. The molecule has 5 heteroatoms. The zero-order valence-corrected chi connectivity index (χ0v) is 12.0. The number of ketones is 1. The summed E-state index contributed by atoms with van der Waals surface area (Å²) in [4.78, 5) is 11.1. The van der Waals surface area contributed by atoms with E-state index in [9.17, 15) is 13.2 Å². The minimum atomic E-state index is -3.36. The summed E-state index contributed by atoms with van der Waals surface area (Å²) in [6.07, 6.45) is 0.